The summed E-state index contributed by atoms with van der Waals surface area (Å²) in [4.78, 5) is 12.0. The van der Waals surface area contributed by atoms with E-state index in [4.69, 9.17) is 4.74 Å². The molecule has 2 nitrogen and oxygen atoms in total. The fourth-order valence-corrected chi connectivity index (χ4v) is 2.75. The van der Waals surface area contributed by atoms with E-state index in [1.54, 1.807) is 0 Å². The second-order valence-electron chi connectivity index (χ2n) is 4.99. The molecule has 0 aromatic heterocycles. The molecule has 110 valence electrons. The van der Waals surface area contributed by atoms with Gasteiger partial charge >= 0.3 is 0 Å². The molecule has 0 aliphatic rings. The van der Waals surface area contributed by atoms with E-state index in [1.165, 1.54) is 0 Å². The number of carbonyl (C=O) groups excluding carboxylic acids is 1. The molecule has 0 unspecified atom stereocenters. The lowest BCUT2D eigenvalue weighted by Gasteiger charge is -2.12. The Bertz CT molecular complexity index is 797. The molecule has 0 heterocycles. The van der Waals surface area contributed by atoms with Gasteiger partial charge in [-0.25, -0.2) is 0 Å². The zero-order valence-corrected chi connectivity index (χ0v) is 13.5. The first-order chi connectivity index (χ1) is 10.8. The largest absolute Gasteiger partial charge is 0.488 e. The van der Waals surface area contributed by atoms with Crippen molar-refractivity contribution in [3.8, 4) is 5.75 Å². The van der Waals surface area contributed by atoms with Crippen molar-refractivity contribution in [3.63, 3.8) is 0 Å². The monoisotopic (exact) mass is 354 g/mol. The SMILES string of the molecule is O=C(CBr)c1ccc(OCc2ccccc2)c2ccccc12. The predicted molar refractivity (Wildman–Crippen MR) is 92.8 cm³/mol. The number of rotatable bonds is 5. The minimum atomic E-state index is 0.0748. The van der Waals surface area contributed by atoms with Crippen molar-refractivity contribution in [2.24, 2.45) is 0 Å². The highest BCUT2D eigenvalue weighted by atomic mass is 79.9. The molecule has 0 aliphatic carbocycles. The van der Waals surface area contributed by atoms with Gasteiger partial charge in [0.25, 0.3) is 0 Å². The highest BCUT2D eigenvalue weighted by Crippen LogP contribution is 2.29. The van der Waals surface area contributed by atoms with Crippen molar-refractivity contribution < 1.29 is 9.53 Å². The number of Topliss-reactive ketones (excluding diaryl/α,β-unsaturated/α-hetero) is 1. The summed E-state index contributed by atoms with van der Waals surface area (Å²) in [5.41, 5.74) is 1.84. The third-order valence-electron chi connectivity index (χ3n) is 3.54. The van der Waals surface area contributed by atoms with E-state index >= 15 is 0 Å². The lowest BCUT2D eigenvalue weighted by atomic mass is 10.0. The molecule has 0 N–H and O–H groups in total. The van der Waals surface area contributed by atoms with E-state index in [0.717, 1.165) is 27.6 Å². The number of ketones is 1. The van der Waals surface area contributed by atoms with Crippen LogP contribution in [-0.2, 0) is 6.61 Å². The number of carbonyl (C=O) groups is 1. The smallest absolute Gasteiger partial charge is 0.173 e. The van der Waals surface area contributed by atoms with Crippen molar-refractivity contribution >= 4 is 32.5 Å². The number of hydrogen-bond acceptors (Lipinski definition) is 2. The van der Waals surface area contributed by atoms with E-state index < -0.39 is 0 Å². The molecule has 3 aromatic rings. The third-order valence-corrected chi connectivity index (χ3v) is 4.05. The molecule has 0 aliphatic heterocycles. The Kier molecular flexibility index (Phi) is 4.54. The summed E-state index contributed by atoms with van der Waals surface area (Å²) in [5, 5.41) is 2.21. The molecule has 0 saturated carbocycles. The van der Waals surface area contributed by atoms with Gasteiger partial charge in [0.2, 0.25) is 0 Å². The molecule has 3 aromatic carbocycles. The van der Waals surface area contributed by atoms with Crippen LogP contribution in [0.5, 0.6) is 5.75 Å². The molecule has 0 atom stereocenters. The molecule has 3 heteroatoms. The molecule has 22 heavy (non-hydrogen) atoms. The Morgan fingerprint density at radius 2 is 1.55 bits per heavy atom. The van der Waals surface area contributed by atoms with Gasteiger partial charge in [0, 0.05) is 10.9 Å². The lowest BCUT2D eigenvalue weighted by molar-refractivity contribution is 0.102. The van der Waals surface area contributed by atoms with E-state index in [0.29, 0.717) is 11.9 Å². The Hall–Kier alpha value is -2.13. The molecule has 0 amide bonds. The van der Waals surface area contributed by atoms with Crippen LogP contribution in [0.15, 0.2) is 66.7 Å². The highest BCUT2D eigenvalue weighted by molar-refractivity contribution is 9.09. The molecule has 3 rings (SSSR count). The number of alkyl halides is 1. The average molecular weight is 355 g/mol. The van der Waals surface area contributed by atoms with E-state index in [1.807, 2.05) is 66.7 Å². The average Bonchev–Trinajstić information content (AvgIpc) is 2.60. The van der Waals surface area contributed by atoms with Gasteiger partial charge < -0.3 is 4.74 Å². The van der Waals surface area contributed by atoms with E-state index in [-0.39, 0.29) is 5.78 Å². The fraction of sp³-hybridized carbons (Fsp3) is 0.105. The van der Waals surface area contributed by atoms with Gasteiger partial charge in [-0.05, 0) is 23.1 Å². The first-order valence-corrected chi connectivity index (χ1v) is 8.19. The molecule has 0 radical (unpaired) electrons. The van der Waals surface area contributed by atoms with Gasteiger partial charge in [0.05, 0.1) is 5.33 Å². The van der Waals surface area contributed by atoms with Gasteiger partial charge in [-0.3, -0.25) is 4.79 Å². The summed E-state index contributed by atoms with van der Waals surface area (Å²) >= 11 is 3.24. The Morgan fingerprint density at radius 1 is 0.864 bits per heavy atom. The maximum Gasteiger partial charge on any atom is 0.173 e. The van der Waals surface area contributed by atoms with Gasteiger partial charge in [-0.1, -0.05) is 70.5 Å². The second-order valence-corrected chi connectivity index (χ2v) is 5.55. The molecular formula is C19H15BrO2. The Labute approximate surface area is 137 Å². The number of ether oxygens (including phenoxy) is 1. The van der Waals surface area contributed by atoms with Crippen LogP contribution in [0.2, 0.25) is 0 Å². The quantitative estimate of drug-likeness (QED) is 0.476. The lowest BCUT2D eigenvalue weighted by Crippen LogP contribution is -2.02. The van der Waals surface area contributed by atoms with E-state index in [9.17, 15) is 4.79 Å². The second kappa shape index (κ2) is 6.75. The Morgan fingerprint density at radius 3 is 2.27 bits per heavy atom. The van der Waals surface area contributed by atoms with Crippen LogP contribution in [0, 0.1) is 0 Å². The first kappa shape index (κ1) is 14.8. The van der Waals surface area contributed by atoms with Gasteiger partial charge in [0.15, 0.2) is 5.78 Å². The minimum Gasteiger partial charge on any atom is -0.488 e. The third kappa shape index (κ3) is 3.04. The summed E-state index contributed by atoms with van der Waals surface area (Å²) in [6, 6.07) is 21.6. The first-order valence-electron chi connectivity index (χ1n) is 7.07. The van der Waals surface area contributed by atoms with Crippen molar-refractivity contribution in [1.29, 1.82) is 0 Å². The highest BCUT2D eigenvalue weighted by Gasteiger charge is 2.11. The summed E-state index contributed by atoms with van der Waals surface area (Å²) in [7, 11) is 0. The maximum absolute atomic E-state index is 12.0. The van der Waals surface area contributed by atoms with Crippen LogP contribution in [0.3, 0.4) is 0 Å². The molecule has 0 fully saturated rings. The molecular weight excluding hydrogens is 340 g/mol. The standard InChI is InChI=1S/C19H15BrO2/c20-12-18(21)16-10-11-19(17-9-5-4-8-15(16)17)22-13-14-6-2-1-3-7-14/h1-11H,12-13H2. The predicted octanol–water partition coefficient (Wildman–Crippen LogP) is 5.00. The normalized spacial score (nSPS) is 10.6. The van der Waals surface area contributed by atoms with Crippen LogP contribution in [-0.4, -0.2) is 11.1 Å². The van der Waals surface area contributed by atoms with Crippen LogP contribution < -0.4 is 4.74 Å². The van der Waals surface area contributed by atoms with Crippen molar-refractivity contribution in [2.45, 2.75) is 6.61 Å². The van der Waals surface area contributed by atoms with Crippen LogP contribution >= 0.6 is 15.9 Å². The topological polar surface area (TPSA) is 26.3 Å². The minimum absolute atomic E-state index is 0.0748. The zero-order valence-electron chi connectivity index (χ0n) is 12.0. The van der Waals surface area contributed by atoms with Crippen molar-refractivity contribution in [3.05, 3.63) is 77.9 Å². The number of hydrogen-bond donors (Lipinski definition) is 0. The van der Waals surface area contributed by atoms with Crippen LogP contribution in [0.25, 0.3) is 10.8 Å². The summed E-state index contributed by atoms with van der Waals surface area (Å²) in [6.45, 7) is 0.510. The molecule has 0 bridgehead atoms. The van der Waals surface area contributed by atoms with Crippen LogP contribution in [0.1, 0.15) is 15.9 Å². The summed E-state index contributed by atoms with van der Waals surface area (Å²) in [5.74, 6) is 0.872. The molecule has 0 spiro atoms. The molecule has 0 saturated heterocycles. The van der Waals surface area contributed by atoms with Crippen LogP contribution in [0.4, 0.5) is 0 Å². The number of benzene rings is 3. The van der Waals surface area contributed by atoms with Gasteiger partial charge in [-0.15, -0.1) is 0 Å². The van der Waals surface area contributed by atoms with Crippen molar-refractivity contribution in [1.82, 2.24) is 0 Å². The Balaban J connectivity index is 1.96. The zero-order chi connectivity index (χ0) is 15.4. The van der Waals surface area contributed by atoms with E-state index in [2.05, 4.69) is 15.9 Å². The number of halogens is 1. The summed E-state index contributed by atoms with van der Waals surface area (Å²) in [6.07, 6.45) is 0. The fourth-order valence-electron chi connectivity index (χ4n) is 2.45. The van der Waals surface area contributed by atoms with Crippen molar-refractivity contribution in [2.75, 3.05) is 5.33 Å². The van der Waals surface area contributed by atoms with Gasteiger partial charge in [0.1, 0.15) is 12.4 Å². The number of fused-ring (bicyclic) bond motifs is 1. The maximum atomic E-state index is 12.0. The van der Waals surface area contributed by atoms with Gasteiger partial charge in [-0.2, -0.15) is 0 Å². The summed E-state index contributed by atoms with van der Waals surface area (Å²) < 4.78 is 5.95.